The predicted octanol–water partition coefficient (Wildman–Crippen LogP) is 3.18. The molecule has 0 saturated heterocycles. The molecule has 0 heterocycles. The highest BCUT2D eigenvalue weighted by atomic mass is 14.9. The second-order valence-electron chi connectivity index (χ2n) is 3.65. The zero-order valence-corrected chi connectivity index (χ0v) is 9.14. The largest absolute Gasteiger partial charge is 0.398 e. The third-order valence-electron chi connectivity index (χ3n) is 2.47. The summed E-state index contributed by atoms with van der Waals surface area (Å²) in [6.07, 6.45) is 3.77. The summed E-state index contributed by atoms with van der Waals surface area (Å²) >= 11 is 0. The van der Waals surface area contributed by atoms with Crippen LogP contribution in [0.1, 0.15) is 31.7 Å². The monoisotopic (exact) mass is 192 g/mol. The second kappa shape index (κ2) is 5.53. The number of hydrogen-bond donors (Lipinski definition) is 2. The average Bonchev–Trinajstić information content (AvgIpc) is 2.19. The number of nitrogens with two attached hydrogens (primary N) is 1. The summed E-state index contributed by atoms with van der Waals surface area (Å²) < 4.78 is 0. The molecule has 1 rings (SSSR count). The van der Waals surface area contributed by atoms with Gasteiger partial charge in [-0.2, -0.15) is 0 Å². The summed E-state index contributed by atoms with van der Waals surface area (Å²) in [4.78, 5) is 0. The van der Waals surface area contributed by atoms with Crippen molar-refractivity contribution in [2.75, 3.05) is 17.6 Å². The van der Waals surface area contributed by atoms with E-state index in [1.54, 1.807) is 0 Å². The Morgan fingerprint density at radius 2 is 2.07 bits per heavy atom. The normalized spacial score (nSPS) is 10.1. The van der Waals surface area contributed by atoms with Crippen LogP contribution in [0.2, 0.25) is 0 Å². The first-order valence-corrected chi connectivity index (χ1v) is 5.34. The smallest absolute Gasteiger partial charge is 0.0390 e. The standard InChI is InChI=1S/C12H20N2/c1-3-4-5-9-14-12-8-6-7-11(13)10(12)2/h6-8,14H,3-5,9,13H2,1-2H3. The third kappa shape index (κ3) is 2.95. The lowest BCUT2D eigenvalue weighted by molar-refractivity contribution is 0.743. The second-order valence-corrected chi connectivity index (χ2v) is 3.65. The van der Waals surface area contributed by atoms with Gasteiger partial charge in [0.05, 0.1) is 0 Å². The fourth-order valence-corrected chi connectivity index (χ4v) is 1.44. The number of unbranched alkanes of at least 4 members (excludes halogenated alkanes) is 2. The fraction of sp³-hybridized carbons (Fsp3) is 0.500. The molecule has 2 heteroatoms. The van der Waals surface area contributed by atoms with E-state index in [-0.39, 0.29) is 0 Å². The summed E-state index contributed by atoms with van der Waals surface area (Å²) in [7, 11) is 0. The van der Waals surface area contributed by atoms with E-state index in [0.717, 1.165) is 17.8 Å². The van der Waals surface area contributed by atoms with Gasteiger partial charge in [-0.15, -0.1) is 0 Å². The van der Waals surface area contributed by atoms with Crippen molar-refractivity contribution in [3.8, 4) is 0 Å². The van der Waals surface area contributed by atoms with Crippen LogP contribution in [0.15, 0.2) is 18.2 Å². The van der Waals surface area contributed by atoms with Crippen molar-refractivity contribution in [2.24, 2.45) is 0 Å². The molecule has 0 radical (unpaired) electrons. The molecule has 0 spiro atoms. The van der Waals surface area contributed by atoms with Gasteiger partial charge in [0, 0.05) is 17.9 Å². The maximum absolute atomic E-state index is 5.81. The number of nitrogens with one attached hydrogen (secondary N) is 1. The first-order valence-electron chi connectivity index (χ1n) is 5.34. The molecule has 1 aromatic carbocycles. The number of rotatable bonds is 5. The van der Waals surface area contributed by atoms with Crippen molar-refractivity contribution in [1.82, 2.24) is 0 Å². The Balaban J connectivity index is 2.46. The van der Waals surface area contributed by atoms with E-state index < -0.39 is 0 Å². The van der Waals surface area contributed by atoms with Crippen molar-refractivity contribution < 1.29 is 0 Å². The molecule has 0 saturated carbocycles. The molecule has 14 heavy (non-hydrogen) atoms. The van der Waals surface area contributed by atoms with Gasteiger partial charge in [-0.3, -0.25) is 0 Å². The van der Waals surface area contributed by atoms with E-state index in [2.05, 4.69) is 25.2 Å². The number of nitrogen functional groups attached to an aromatic ring is 1. The molecule has 0 aliphatic rings. The highest BCUT2D eigenvalue weighted by Gasteiger charge is 1.99. The number of benzene rings is 1. The SMILES string of the molecule is CCCCCNc1cccc(N)c1C. The molecule has 1 aromatic rings. The third-order valence-corrected chi connectivity index (χ3v) is 2.47. The van der Waals surface area contributed by atoms with Crippen LogP contribution in [0.3, 0.4) is 0 Å². The topological polar surface area (TPSA) is 38.0 Å². The maximum atomic E-state index is 5.81. The van der Waals surface area contributed by atoms with Crippen LogP contribution in [0.4, 0.5) is 11.4 Å². The molecular formula is C12H20N2. The molecule has 3 N–H and O–H groups in total. The molecule has 78 valence electrons. The zero-order chi connectivity index (χ0) is 10.4. The van der Waals surface area contributed by atoms with Crippen molar-refractivity contribution >= 4 is 11.4 Å². The van der Waals surface area contributed by atoms with Crippen LogP contribution in [-0.4, -0.2) is 6.54 Å². The van der Waals surface area contributed by atoms with Gasteiger partial charge in [0.2, 0.25) is 0 Å². The molecule has 0 unspecified atom stereocenters. The molecule has 0 atom stereocenters. The Labute approximate surface area is 86.5 Å². The Morgan fingerprint density at radius 3 is 2.79 bits per heavy atom. The minimum atomic E-state index is 0.866. The van der Waals surface area contributed by atoms with Crippen molar-refractivity contribution in [2.45, 2.75) is 33.1 Å². The molecule has 2 nitrogen and oxygen atoms in total. The lowest BCUT2D eigenvalue weighted by Gasteiger charge is -2.10. The molecule has 0 aliphatic heterocycles. The quantitative estimate of drug-likeness (QED) is 0.555. The van der Waals surface area contributed by atoms with Crippen LogP contribution in [-0.2, 0) is 0 Å². The summed E-state index contributed by atoms with van der Waals surface area (Å²) in [5.41, 5.74) is 9.00. The highest BCUT2D eigenvalue weighted by Crippen LogP contribution is 2.20. The highest BCUT2D eigenvalue weighted by molar-refractivity contribution is 5.62. The van der Waals surface area contributed by atoms with Crippen LogP contribution in [0.25, 0.3) is 0 Å². The summed E-state index contributed by atoms with van der Waals surface area (Å²) in [5.74, 6) is 0. The van der Waals surface area contributed by atoms with E-state index >= 15 is 0 Å². The van der Waals surface area contributed by atoms with Crippen molar-refractivity contribution in [1.29, 1.82) is 0 Å². The van der Waals surface area contributed by atoms with Crippen LogP contribution >= 0.6 is 0 Å². The molecule has 0 fully saturated rings. The van der Waals surface area contributed by atoms with Crippen LogP contribution in [0.5, 0.6) is 0 Å². The van der Waals surface area contributed by atoms with E-state index in [9.17, 15) is 0 Å². The fourth-order valence-electron chi connectivity index (χ4n) is 1.44. The Hall–Kier alpha value is -1.18. The van der Waals surface area contributed by atoms with Gasteiger partial charge < -0.3 is 11.1 Å². The lowest BCUT2D eigenvalue weighted by Crippen LogP contribution is -2.04. The average molecular weight is 192 g/mol. The molecule has 0 amide bonds. The van der Waals surface area contributed by atoms with Crippen LogP contribution < -0.4 is 11.1 Å². The minimum absolute atomic E-state index is 0.866. The van der Waals surface area contributed by atoms with Gasteiger partial charge in [-0.1, -0.05) is 25.8 Å². The number of anilines is 2. The number of hydrogen-bond acceptors (Lipinski definition) is 2. The minimum Gasteiger partial charge on any atom is -0.398 e. The van der Waals surface area contributed by atoms with Gasteiger partial charge >= 0.3 is 0 Å². The lowest BCUT2D eigenvalue weighted by atomic mass is 10.1. The zero-order valence-electron chi connectivity index (χ0n) is 9.14. The van der Waals surface area contributed by atoms with E-state index in [1.165, 1.54) is 24.9 Å². The first-order chi connectivity index (χ1) is 6.75. The summed E-state index contributed by atoms with van der Waals surface area (Å²) in [6.45, 7) is 5.31. The van der Waals surface area contributed by atoms with Gasteiger partial charge in [-0.25, -0.2) is 0 Å². The first kappa shape index (κ1) is 10.9. The van der Waals surface area contributed by atoms with Gasteiger partial charge in [0.1, 0.15) is 0 Å². The molecular weight excluding hydrogens is 172 g/mol. The van der Waals surface area contributed by atoms with Gasteiger partial charge in [0.15, 0.2) is 0 Å². The maximum Gasteiger partial charge on any atom is 0.0390 e. The predicted molar refractivity (Wildman–Crippen MR) is 63.6 cm³/mol. The van der Waals surface area contributed by atoms with E-state index in [4.69, 9.17) is 5.73 Å². The van der Waals surface area contributed by atoms with Gasteiger partial charge in [0.25, 0.3) is 0 Å². The molecule has 0 aromatic heterocycles. The molecule has 0 bridgehead atoms. The Kier molecular flexibility index (Phi) is 4.30. The van der Waals surface area contributed by atoms with Crippen molar-refractivity contribution in [3.63, 3.8) is 0 Å². The van der Waals surface area contributed by atoms with Gasteiger partial charge in [-0.05, 0) is 31.0 Å². The summed E-state index contributed by atoms with van der Waals surface area (Å²) in [6, 6.07) is 6.01. The Bertz CT molecular complexity index is 282. The van der Waals surface area contributed by atoms with E-state index in [0.29, 0.717) is 0 Å². The summed E-state index contributed by atoms with van der Waals surface area (Å²) in [5, 5.41) is 3.41. The molecule has 0 aliphatic carbocycles. The van der Waals surface area contributed by atoms with Crippen molar-refractivity contribution in [3.05, 3.63) is 23.8 Å². The van der Waals surface area contributed by atoms with E-state index in [1.807, 2.05) is 12.1 Å². The van der Waals surface area contributed by atoms with Crippen LogP contribution in [0, 0.1) is 6.92 Å². The Morgan fingerprint density at radius 1 is 1.29 bits per heavy atom.